The van der Waals surface area contributed by atoms with Gasteiger partial charge < -0.3 is 14.2 Å². The van der Waals surface area contributed by atoms with Gasteiger partial charge in [0.2, 0.25) is 0 Å². The first kappa shape index (κ1) is 19.9. The number of hydrogen-bond acceptors (Lipinski definition) is 6. The predicted octanol–water partition coefficient (Wildman–Crippen LogP) is 3.45. The van der Waals surface area contributed by atoms with E-state index in [2.05, 4.69) is 5.32 Å². The SMILES string of the molecule is COc1cccc(C(=O)OC2CCC(CCC(=O)OCc3ccccc3)N2)c1. The molecule has 148 valence electrons. The molecule has 28 heavy (non-hydrogen) atoms. The fraction of sp³-hybridized carbons (Fsp3) is 0.364. The summed E-state index contributed by atoms with van der Waals surface area (Å²) in [5.41, 5.74) is 1.42. The summed E-state index contributed by atoms with van der Waals surface area (Å²) in [5.74, 6) is 0.00234. The highest BCUT2D eigenvalue weighted by molar-refractivity contribution is 5.90. The van der Waals surface area contributed by atoms with E-state index in [1.54, 1.807) is 31.4 Å². The quantitative estimate of drug-likeness (QED) is 0.704. The number of carbonyl (C=O) groups excluding carboxylic acids is 2. The second kappa shape index (κ2) is 9.90. The summed E-state index contributed by atoms with van der Waals surface area (Å²) >= 11 is 0. The highest BCUT2D eigenvalue weighted by Gasteiger charge is 2.27. The molecule has 2 atom stereocenters. The molecule has 0 saturated carbocycles. The third-order valence-corrected chi connectivity index (χ3v) is 4.69. The lowest BCUT2D eigenvalue weighted by Crippen LogP contribution is -2.33. The molecule has 0 aliphatic carbocycles. The van der Waals surface area contributed by atoms with Gasteiger partial charge in [0, 0.05) is 12.5 Å². The second-order valence-electron chi connectivity index (χ2n) is 6.75. The van der Waals surface area contributed by atoms with Crippen molar-refractivity contribution in [3.8, 4) is 5.75 Å². The van der Waals surface area contributed by atoms with Crippen molar-refractivity contribution in [2.45, 2.75) is 44.6 Å². The van der Waals surface area contributed by atoms with Crippen molar-refractivity contribution in [3.05, 3.63) is 65.7 Å². The van der Waals surface area contributed by atoms with Crippen LogP contribution in [0.3, 0.4) is 0 Å². The number of ether oxygens (including phenoxy) is 3. The van der Waals surface area contributed by atoms with Gasteiger partial charge in [0.05, 0.1) is 12.7 Å². The minimum atomic E-state index is -0.390. The number of benzene rings is 2. The fourth-order valence-electron chi connectivity index (χ4n) is 3.15. The number of hydrogen-bond donors (Lipinski definition) is 1. The van der Waals surface area contributed by atoms with Crippen LogP contribution in [0.5, 0.6) is 5.75 Å². The van der Waals surface area contributed by atoms with Gasteiger partial charge in [-0.2, -0.15) is 0 Å². The van der Waals surface area contributed by atoms with Crippen LogP contribution in [0.15, 0.2) is 54.6 Å². The van der Waals surface area contributed by atoms with Crippen LogP contribution in [0, 0.1) is 0 Å². The number of esters is 2. The molecule has 1 aliphatic heterocycles. The molecule has 0 spiro atoms. The molecule has 0 bridgehead atoms. The summed E-state index contributed by atoms with van der Waals surface area (Å²) in [4.78, 5) is 24.2. The van der Waals surface area contributed by atoms with E-state index in [1.807, 2.05) is 30.3 Å². The Kier molecular flexibility index (Phi) is 7.03. The summed E-state index contributed by atoms with van der Waals surface area (Å²) < 4.78 is 15.9. The number of carbonyl (C=O) groups is 2. The molecular formula is C22H25NO5. The summed E-state index contributed by atoms with van der Waals surface area (Å²) in [6, 6.07) is 16.6. The summed E-state index contributed by atoms with van der Waals surface area (Å²) in [6.45, 7) is 0.290. The van der Waals surface area contributed by atoms with Crippen molar-refractivity contribution in [2.24, 2.45) is 0 Å². The number of methoxy groups -OCH3 is 1. The first-order chi connectivity index (χ1) is 13.6. The lowest BCUT2D eigenvalue weighted by atomic mass is 10.1. The van der Waals surface area contributed by atoms with Gasteiger partial charge in [0.1, 0.15) is 12.4 Å². The van der Waals surface area contributed by atoms with Gasteiger partial charge in [0.15, 0.2) is 6.23 Å². The van der Waals surface area contributed by atoms with Crippen molar-refractivity contribution < 1.29 is 23.8 Å². The lowest BCUT2D eigenvalue weighted by molar-refractivity contribution is -0.145. The van der Waals surface area contributed by atoms with Crippen LogP contribution in [0.1, 0.15) is 41.6 Å². The van der Waals surface area contributed by atoms with Gasteiger partial charge in [-0.1, -0.05) is 36.4 Å². The zero-order valence-electron chi connectivity index (χ0n) is 15.9. The van der Waals surface area contributed by atoms with E-state index in [0.717, 1.165) is 18.4 Å². The third kappa shape index (κ3) is 5.82. The van der Waals surface area contributed by atoms with Crippen LogP contribution in [-0.4, -0.2) is 31.3 Å². The molecule has 6 nitrogen and oxygen atoms in total. The maximum Gasteiger partial charge on any atom is 0.339 e. The van der Waals surface area contributed by atoms with Gasteiger partial charge in [-0.25, -0.2) is 4.79 Å². The topological polar surface area (TPSA) is 73.9 Å². The highest BCUT2D eigenvalue weighted by atomic mass is 16.6. The Morgan fingerprint density at radius 1 is 1.07 bits per heavy atom. The molecule has 1 saturated heterocycles. The molecule has 2 aromatic carbocycles. The fourth-order valence-corrected chi connectivity index (χ4v) is 3.15. The normalized spacial score (nSPS) is 18.5. The van der Waals surface area contributed by atoms with Crippen LogP contribution in [0.25, 0.3) is 0 Å². The average Bonchev–Trinajstić information content (AvgIpc) is 3.18. The average molecular weight is 383 g/mol. The predicted molar refractivity (Wildman–Crippen MR) is 104 cm³/mol. The summed E-state index contributed by atoms with van der Waals surface area (Å²) in [6.07, 6.45) is 2.22. The molecular weight excluding hydrogens is 358 g/mol. The Hall–Kier alpha value is -2.86. The summed E-state index contributed by atoms with van der Waals surface area (Å²) in [7, 11) is 1.55. The third-order valence-electron chi connectivity index (χ3n) is 4.69. The zero-order valence-corrected chi connectivity index (χ0v) is 15.9. The molecule has 1 aliphatic rings. The Morgan fingerprint density at radius 2 is 1.89 bits per heavy atom. The van der Waals surface area contributed by atoms with E-state index in [1.165, 1.54) is 0 Å². The Balaban J connectivity index is 1.37. The minimum absolute atomic E-state index is 0.132. The molecule has 1 fully saturated rings. The van der Waals surface area contributed by atoms with E-state index in [9.17, 15) is 9.59 Å². The van der Waals surface area contributed by atoms with E-state index in [0.29, 0.717) is 30.8 Å². The van der Waals surface area contributed by atoms with Crippen molar-refractivity contribution in [1.29, 1.82) is 0 Å². The maximum absolute atomic E-state index is 12.3. The number of rotatable bonds is 8. The number of nitrogens with one attached hydrogen (secondary N) is 1. The Morgan fingerprint density at radius 3 is 2.68 bits per heavy atom. The molecule has 0 aromatic heterocycles. The van der Waals surface area contributed by atoms with Crippen molar-refractivity contribution in [1.82, 2.24) is 5.32 Å². The van der Waals surface area contributed by atoms with Gasteiger partial charge >= 0.3 is 11.9 Å². The van der Waals surface area contributed by atoms with Gasteiger partial charge in [-0.15, -0.1) is 0 Å². The minimum Gasteiger partial charge on any atom is -0.497 e. The van der Waals surface area contributed by atoms with E-state index in [-0.39, 0.29) is 24.2 Å². The van der Waals surface area contributed by atoms with Crippen molar-refractivity contribution in [2.75, 3.05) is 7.11 Å². The lowest BCUT2D eigenvalue weighted by Gasteiger charge is -2.15. The van der Waals surface area contributed by atoms with Crippen molar-refractivity contribution >= 4 is 11.9 Å². The molecule has 3 rings (SSSR count). The molecule has 0 amide bonds. The molecule has 6 heteroatoms. The van der Waals surface area contributed by atoms with Gasteiger partial charge in [-0.05, 0) is 43.0 Å². The molecule has 0 radical (unpaired) electrons. The van der Waals surface area contributed by atoms with Crippen LogP contribution >= 0.6 is 0 Å². The monoisotopic (exact) mass is 383 g/mol. The molecule has 2 aromatic rings. The van der Waals surface area contributed by atoms with Crippen molar-refractivity contribution in [3.63, 3.8) is 0 Å². The van der Waals surface area contributed by atoms with Gasteiger partial charge in [-0.3, -0.25) is 10.1 Å². The van der Waals surface area contributed by atoms with E-state index in [4.69, 9.17) is 14.2 Å². The Bertz CT molecular complexity index is 793. The second-order valence-corrected chi connectivity index (χ2v) is 6.75. The standard InChI is InChI=1S/C22H25NO5/c1-26-19-9-5-8-17(14-19)22(25)28-20-12-10-18(23-20)11-13-21(24)27-15-16-6-3-2-4-7-16/h2-9,14,18,20,23H,10-13,15H2,1H3. The highest BCUT2D eigenvalue weighted by Crippen LogP contribution is 2.20. The van der Waals surface area contributed by atoms with Crippen LogP contribution in [-0.2, 0) is 20.9 Å². The first-order valence-electron chi connectivity index (χ1n) is 9.44. The van der Waals surface area contributed by atoms with Crippen LogP contribution < -0.4 is 10.1 Å². The maximum atomic E-state index is 12.3. The van der Waals surface area contributed by atoms with Crippen LogP contribution in [0.2, 0.25) is 0 Å². The molecule has 1 N–H and O–H groups in total. The smallest absolute Gasteiger partial charge is 0.339 e. The first-order valence-corrected chi connectivity index (χ1v) is 9.44. The van der Waals surface area contributed by atoms with E-state index >= 15 is 0 Å². The van der Waals surface area contributed by atoms with Crippen LogP contribution in [0.4, 0.5) is 0 Å². The summed E-state index contributed by atoms with van der Waals surface area (Å²) in [5, 5.41) is 3.27. The van der Waals surface area contributed by atoms with Gasteiger partial charge in [0.25, 0.3) is 0 Å². The molecule has 1 heterocycles. The largest absolute Gasteiger partial charge is 0.497 e. The zero-order chi connectivity index (χ0) is 19.8. The Labute approximate surface area is 164 Å². The van der Waals surface area contributed by atoms with E-state index < -0.39 is 0 Å². The molecule has 2 unspecified atom stereocenters.